The maximum absolute atomic E-state index is 12.2. The molecule has 3 rings (SSSR count). The van der Waals surface area contributed by atoms with E-state index in [2.05, 4.69) is 4.98 Å². The zero-order valence-corrected chi connectivity index (χ0v) is 11.4. The third-order valence-corrected chi connectivity index (χ3v) is 3.47. The van der Waals surface area contributed by atoms with Crippen LogP contribution in [0.2, 0.25) is 0 Å². The van der Waals surface area contributed by atoms with E-state index >= 15 is 0 Å². The van der Waals surface area contributed by atoms with Gasteiger partial charge >= 0.3 is 0 Å². The summed E-state index contributed by atoms with van der Waals surface area (Å²) in [6.45, 7) is 0. The number of rotatable bonds is 2. The highest BCUT2D eigenvalue weighted by Crippen LogP contribution is 2.22. The maximum atomic E-state index is 12.2. The number of hydrogen-bond acceptors (Lipinski definition) is 3. The molecule has 21 heavy (non-hydrogen) atoms. The number of nitrogens with zero attached hydrogens (tertiary/aromatic N) is 2. The number of benzene rings is 1. The molecule has 0 saturated heterocycles. The number of pyridine rings is 2. The Morgan fingerprint density at radius 3 is 2.52 bits per heavy atom. The Morgan fingerprint density at radius 1 is 1.14 bits per heavy atom. The van der Waals surface area contributed by atoms with Gasteiger partial charge in [-0.05, 0) is 35.4 Å². The molecule has 0 aliphatic rings. The topological polar surface area (TPSA) is 78.0 Å². The van der Waals surface area contributed by atoms with Crippen LogP contribution < -0.4 is 11.2 Å². The fraction of sp³-hybridized carbons (Fsp3) is 0.0625. The van der Waals surface area contributed by atoms with E-state index in [0.717, 1.165) is 16.6 Å². The summed E-state index contributed by atoms with van der Waals surface area (Å²) in [5.41, 5.74) is 7.64. The first-order chi connectivity index (χ1) is 10.1. The van der Waals surface area contributed by atoms with Crippen LogP contribution in [0.15, 0.2) is 53.7 Å². The Morgan fingerprint density at radius 2 is 1.86 bits per heavy atom. The van der Waals surface area contributed by atoms with Crippen molar-refractivity contribution in [2.45, 2.75) is 0 Å². The molecule has 2 heterocycles. The normalized spacial score (nSPS) is 10.7. The fourth-order valence-electron chi connectivity index (χ4n) is 2.38. The van der Waals surface area contributed by atoms with Crippen LogP contribution >= 0.6 is 0 Å². The Labute approximate surface area is 120 Å². The molecule has 0 spiro atoms. The van der Waals surface area contributed by atoms with E-state index in [1.54, 1.807) is 30.1 Å². The molecule has 1 aromatic carbocycles. The summed E-state index contributed by atoms with van der Waals surface area (Å²) < 4.78 is 1.74. The minimum absolute atomic E-state index is 0.00154. The van der Waals surface area contributed by atoms with Gasteiger partial charge in [-0.1, -0.05) is 6.07 Å². The second-order valence-corrected chi connectivity index (χ2v) is 4.81. The average Bonchev–Trinajstić information content (AvgIpc) is 2.51. The van der Waals surface area contributed by atoms with Crippen LogP contribution in [0.25, 0.3) is 22.0 Å². The second kappa shape index (κ2) is 4.86. The zero-order valence-electron chi connectivity index (χ0n) is 11.4. The van der Waals surface area contributed by atoms with E-state index in [9.17, 15) is 9.59 Å². The number of amides is 1. The van der Waals surface area contributed by atoms with Crippen molar-refractivity contribution in [1.29, 1.82) is 0 Å². The van der Waals surface area contributed by atoms with Crippen LogP contribution in [-0.4, -0.2) is 15.5 Å². The monoisotopic (exact) mass is 279 g/mol. The number of carbonyl (C=O) groups is 1. The van der Waals surface area contributed by atoms with E-state index < -0.39 is 5.91 Å². The molecule has 0 atom stereocenters. The smallest absolute Gasteiger partial charge is 0.254 e. The number of hydrogen-bond donors (Lipinski definition) is 1. The lowest BCUT2D eigenvalue weighted by molar-refractivity contribution is 0.0999. The van der Waals surface area contributed by atoms with Gasteiger partial charge in [0, 0.05) is 31.0 Å². The molecule has 2 aromatic heterocycles. The predicted molar refractivity (Wildman–Crippen MR) is 80.9 cm³/mol. The summed E-state index contributed by atoms with van der Waals surface area (Å²) in [5.74, 6) is -0.712. The van der Waals surface area contributed by atoms with E-state index in [0.29, 0.717) is 5.39 Å². The SMILES string of the molecule is Cn1cc(C(N)=O)c(=O)c2ccc(-c3ccncc3)cc21. The summed E-state index contributed by atoms with van der Waals surface area (Å²) >= 11 is 0. The zero-order chi connectivity index (χ0) is 15.0. The minimum atomic E-state index is -0.712. The maximum Gasteiger partial charge on any atom is 0.254 e. The summed E-state index contributed by atoms with van der Waals surface area (Å²) in [6, 6.07) is 9.29. The van der Waals surface area contributed by atoms with Gasteiger partial charge in [0.15, 0.2) is 0 Å². The summed E-state index contributed by atoms with van der Waals surface area (Å²) in [5, 5.41) is 0.478. The largest absolute Gasteiger partial charge is 0.365 e. The second-order valence-electron chi connectivity index (χ2n) is 4.81. The molecule has 0 saturated carbocycles. The molecule has 0 fully saturated rings. The lowest BCUT2D eigenvalue weighted by atomic mass is 10.0. The Kier molecular flexibility index (Phi) is 3.02. The molecule has 1 amide bonds. The number of nitrogens with two attached hydrogens (primary N) is 1. The van der Waals surface area contributed by atoms with Crippen molar-refractivity contribution in [2.75, 3.05) is 0 Å². The highest BCUT2D eigenvalue weighted by molar-refractivity contribution is 5.96. The van der Waals surface area contributed by atoms with Gasteiger partial charge in [0.05, 0.1) is 5.52 Å². The first kappa shape index (κ1) is 13.1. The molecule has 0 unspecified atom stereocenters. The third kappa shape index (κ3) is 2.18. The van der Waals surface area contributed by atoms with Gasteiger partial charge in [-0.15, -0.1) is 0 Å². The molecule has 0 aliphatic carbocycles. The van der Waals surface area contributed by atoms with Crippen molar-refractivity contribution < 1.29 is 4.79 Å². The van der Waals surface area contributed by atoms with Crippen LogP contribution in [0, 0.1) is 0 Å². The van der Waals surface area contributed by atoms with Gasteiger partial charge in [-0.2, -0.15) is 0 Å². The Hall–Kier alpha value is -2.95. The van der Waals surface area contributed by atoms with Crippen molar-refractivity contribution in [3.63, 3.8) is 0 Å². The first-order valence-electron chi connectivity index (χ1n) is 6.41. The van der Waals surface area contributed by atoms with Crippen molar-refractivity contribution in [2.24, 2.45) is 12.8 Å². The van der Waals surface area contributed by atoms with Crippen molar-refractivity contribution in [3.05, 3.63) is 64.7 Å². The van der Waals surface area contributed by atoms with Crippen molar-refractivity contribution >= 4 is 16.8 Å². The summed E-state index contributed by atoms with van der Waals surface area (Å²) in [4.78, 5) is 27.5. The summed E-state index contributed by atoms with van der Waals surface area (Å²) in [6.07, 6.45) is 4.91. The standard InChI is InChI=1S/C16H13N3O2/c1-19-9-13(16(17)21)15(20)12-3-2-11(8-14(12)19)10-4-6-18-7-5-10/h2-9H,1H3,(H2,17,21). The molecule has 0 bridgehead atoms. The minimum Gasteiger partial charge on any atom is -0.365 e. The molecule has 5 nitrogen and oxygen atoms in total. The van der Waals surface area contributed by atoms with Crippen molar-refractivity contribution in [1.82, 2.24) is 9.55 Å². The number of carbonyl (C=O) groups excluding carboxylic acids is 1. The molecule has 0 radical (unpaired) electrons. The first-order valence-corrected chi connectivity index (χ1v) is 6.41. The number of aromatic nitrogens is 2. The molecular weight excluding hydrogens is 266 g/mol. The predicted octanol–water partition coefficient (Wildman–Crippen LogP) is 1.70. The lowest BCUT2D eigenvalue weighted by Gasteiger charge is -2.09. The molecule has 3 aromatic rings. The molecule has 5 heteroatoms. The number of fused-ring (bicyclic) bond motifs is 1. The molecule has 2 N–H and O–H groups in total. The third-order valence-electron chi connectivity index (χ3n) is 3.47. The van der Waals surface area contributed by atoms with Gasteiger partial charge in [0.1, 0.15) is 5.56 Å². The Bertz CT molecular complexity index is 899. The number of aryl methyl sites for hydroxylation is 1. The quantitative estimate of drug-likeness (QED) is 0.775. The van der Waals surface area contributed by atoms with Crippen LogP contribution in [0.5, 0.6) is 0 Å². The summed E-state index contributed by atoms with van der Waals surface area (Å²) in [7, 11) is 1.78. The molecular formula is C16H13N3O2. The highest BCUT2D eigenvalue weighted by atomic mass is 16.2. The average molecular weight is 279 g/mol. The van der Waals surface area contributed by atoms with Gasteiger partial charge in [-0.3, -0.25) is 14.6 Å². The highest BCUT2D eigenvalue weighted by Gasteiger charge is 2.12. The molecule has 104 valence electrons. The van der Waals surface area contributed by atoms with Crippen LogP contribution in [0.1, 0.15) is 10.4 Å². The lowest BCUT2D eigenvalue weighted by Crippen LogP contribution is -2.23. The van der Waals surface area contributed by atoms with Crippen molar-refractivity contribution in [3.8, 4) is 11.1 Å². The van der Waals surface area contributed by atoms with Crippen LogP contribution in [0.3, 0.4) is 0 Å². The van der Waals surface area contributed by atoms with E-state index in [1.165, 1.54) is 6.20 Å². The Balaban J connectivity index is 2.29. The van der Waals surface area contributed by atoms with Gasteiger partial charge in [0.2, 0.25) is 5.43 Å². The van der Waals surface area contributed by atoms with Crippen LogP contribution in [0.4, 0.5) is 0 Å². The fourth-order valence-corrected chi connectivity index (χ4v) is 2.38. The van der Waals surface area contributed by atoms with E-state index in [1.807, 2.05) is 24.3 Å². The van der Waals surface area contributed by atoms with Gasteiger partial charge in [-0.25, -0.2) is 0 Å². The van der Waals surface area contributed by atoms with Gasteiger partial charge in [0.25, 0.3) is 5.91 Å². The van der Waals surface area contributed by atoms with Gasteiger partial charge < -0.3 is 10.3 Å². The van der Waals surface area contributed by atoms with E-state index in [4.69, 9.17) is 5.73 Å². The number of primary amides is 1. The van der Waals surface area contributed by atoms with Crippen LogP contribution in [-0.2, 0) is 7.05 Å². The molecule has 0 aliphatic heterocycles. The van der Waals surface area contributed by atoms with E-state index in [-0.39, 0.29) is 11.0 Å².